The summed E-state index contributed by atoms with van der Waals surface area (Å²) in [5, 5.41) is 3.12. The van der Waals surface area contributed by atoms with Gasteiger partial charge in [0.2, 0.25) is 0 Å². The van der Waals surface area contributed by atoms with E-state index >= 15 is 0 Å². The summed E-state index contributed by atoms with van der Waals surface area (Å²) in [6.45, 7) is 0.880. The second-order valence-electron chi connectivity index (χ2n) is 6.29. The van der Waals surface area contributed by atoms with E-state index in [4.69, 9.17) is 0 Å². The lowest BCUT2D eigenvalue weighted by molar-refractivity contribution is 0.0934. The zero-order valence-corrected chi connectivity index (χ0v) is 17.1. The number of hydrogen-bond donors (Lipinski definition) is 1. The van der Waals surface area contributed by atoms with Gasteiger partial charge in [-0.15, -0.1) is 11.8 Å². The summed E-state index contributed by atoms with van der Waals surface area (Å²) in [5.41, 5.74) is 2.56. The fraction of sp³-hybridized carbons (Fsp3) is 0.300. The Balaban J connectivity index is 1.50. The van der Waals surface area contributed by atoms with Crippen molar-refractivity contribution >= 4 is 45.6 Å². The molecule has 0 aromatic heterocycles. The molecule has 0 bridgehead atoms. The van der Waals surface area contributed by atoms with Gasteiger partial charge in [0.15, 0.2) is 0 Å². The smallest absolute Gasteiger partial charge is 0.252 e. The van der Waals surface area contributed by atoms with Crippen molar-refractivity contribution in [3.63, 3.8) is 0 Å². The summed E-state index contributed by atoms with van der Waals surface area (Å²) in [6, 6.07) is 12.4. The molecule has 1 amide bonds. The maximum atomic E-state index is 13.7. The normalized spacial score (nSPS) is 18.7. The number of carbonyl (C=O) groups is 1. The summed E-state index contributed by atoms with van der Waals surface area (Å²) in [7, 11) is 0. The Labute approximate surface area is 171 Å². The Morgan fingerprint density at radius 2 is 2.11 bits per heavy atom. The number of hydrogen-bond acceptors (Lipinski definition) is 5. The van der Waals surface area contributed by atoms with Gasteiger partial charge in [0, 0.05) is 27.7 Å². The highest BCUT2D eigenvalue weighted by Crippen LogP contribution is 2.36. The molecular formula is C20H19FN2OS3. The van der Waals surface area contributed by atoms with E-state index in [0.29, 0.717) is 5.56 Å². The number of halogens is 1. The molecule has 0 saturated heterocycles. The summed E-state index contributed by atoms with van der Waals surface area (Å²) < 4.78 is 14.8. The molecule has 1 unspecified atom stereocenters. The van der Waals surface area contributed by atoms with Crippen LogP contribution in [0.3, 0.4) is 0 Å². The Kier molecular flexibility index (Phi) is 6.10. The number of rotatable bonds is 4. The molecule has 1 atom stereocenters. The molecule has 0 radical (unpaired) electrons. The van der Waals surface area contributed by atoms with Crippen molar-refractivity contribution in [1.29, 1.82) is 0 Å². The largest absolute Gasteiger partial charge is 0.345 e. The third kappa shape index (κ3) is 4.52. The molecule has 3 nitrogen and oxygen atoms in total. The Morgan fingerprint density at radius 1 is 1.22 bits per heavy atom. The van der Waals surface area contributed by atoms with Crippen molar-refractivity contribution < 1.29 is 9.18 Å². The number of nitrogens with one attached hydrogen (secondary N) is 1. The number of amides is 1. The Hall–Kier alpha value is -1.44. The van der Waals surface area contributed by atoms with Gasteiger partial charge in [0.1, 0.15) is 10.2 Å². The average molecular weight is 419 g/mol. The molecule has 2 aliphatic heterocycles. The first-order valence-corrected chi connectivity index (χ1v) is 11.8. The highest BCUT2D eigenvalue weighted by Gasteiger charge is 2.24. The second kappa shape index (κ2) is 8.71. The van der Waals surface area contributed by atoms with Gasteiger partial charge in [-0.25, -0.2) is 4.39 Å². The van der Waals surface area contributed by atoms with Crippen LogP contribution in [0, 0.1) is 5.82 Å². The van der Waals surface area contributed by atoms with Crippen LogP contribution in [0.1, 0.15) is 33.9 Å². The van der Waals surface area contributed by atoms with E-state index in [-0.39, 0.29) is 17.8 Å². The predicted molar refractivity (Wildman–Crippen MR) is 114 cm³/mol. The van der Waals surface area contributed by atoms with Crippen LogP contribution in [0.15, 0.2) is 52.4 Å². The summed E-state index contributed by atoms with van der Waals surface area (Å²) in [6.07, 6.45) is 0.803. The molecule has 1 N–H and O–H groups in total. The fourth-order valence-corrected chi connectivity index (χ4v) is 6.28. The second-order valence-corrected chi connectivity index (χ2v) is 9.73. The van der Waals surface area contributed by atoms with Crippen LogP contribution in [0.5, 0.6) is 0 Å². The molecule has 27 heavy (non-hydrogen) atoms. The van der Waals surface area contributed by atoms with Gasteiger partial charge in [-0.3, -0.25) is 9.79 Å². The van der Waals surface area contributed by atoms with Crippen LogP contribution < -0.4 is 5.32 Å². The van der Waals surface area contributed by atoms with E-state index in [9.17, 15) is 9.18 Å². The topological polar surface area (TPSA) is 41.5 Å². The SMILES string of the molecule is O=C(NC1CCSc2ccc(F)cc21)c1ccccc1CSC1=NCCS1. The molecular weight excluding hydrogens is 399 g/mol. The molecule has 2 aliphatic rings. The minimum Gasteiger partial charge on any atom is -0.345 e. The van der Waals surface area contributed by atoms with E-state index in [1.54, 1.807) is 47.4 Å². The number of fused-ring (bicyclic) bond motifs is 1. The quantitative estimate of drug-likeness (QED) is 0.747. The van der Waals surface area contributed by atoms with Crippen molar-refractivity contribution in [2.45, 2.75) is 23.1 Å². The molecule has 0 spiro atoms. The van der Waals surface area contributed by atoms with Crippen LogP contribution in [0.4, 0.5) is 4.39 Å². The van der Waals surface area contributed by atoms with Crippen molar-refractivity contribution in [2.24, 2.45) is 4.99 Å². The maximum Gasteiger partial charge on any atom is 0.252 e. The predicted octanol–water partition coefficient (Wildman–Crippen LogP) is 5.13. The van der Waals surface area contributed by atoms with Gasteiger partial charge in [-0.1, -0.05) is 41.7 Å². The molecule has 0 saturated carbocycles. The van der Waals surface area contributed by atoms with E-state index in [2.05, 4.69) is 10.3 Å². The first-order valence-electron chi connectivity index (χ1n) is 8.82. The highest BCUT2D eigenvalue weighted by molar-refractivity contribution is 8.38. The third-order valence-electron chi connectivity index (χ3n) is 4.49. The standard InChI is InChI=1S/C20H19FN2OS3/c21-14-5-6-18-16(11-14)17(7-9-25-18)23-19(24)15-4-2-1-3-13(15)12-27-20-22-8-10-26-20/h1-6,11,17H,7-10,12H2,(H,23,24). The summed E-state index contributed by atoms with van der Waals surface area (Å²) in [4.78, 5) is 18.5. The fourth-order valence-electron chi connectivity index (χ4n) is 3.16. The highest BCUT2D eigenvalue weighted by atomic mass is 32.2. The monoisotopic (exact) mass is 418 g/mol. The first kappa shape index (κ1) is 18.9. The summed E-state index contributed by atoms with van der Waals surface area (Å²) >= 11 is 5.17. The molecule has 140 valence electrons. The van der Waals surface area contributed by atoms with Crippen LogP contribution >= 0.6 is 35.3 Å². The van der Waals surface area contributed by atoms with Crippen LogP contribution in [-0.4, -0.2) is 28.3 Å². The number of benzene rings is 2. The van der Waals surface area contributed by atoms with E-state index in [1.165, 1.54) is 6.07 Å². The van der Waals surface area contributed by atoms with E-state index in [1.807, 2.05) is 24.3 Å². The Bertz CT molecular complexity index is 887. The number of carbonyl (C=O) groups excluding carboxylic acids is 1. The third-order valence-corrected chi connectivity index (χ3v) is 7.91. The molecule has 4 rings (SSSR count). The molecule has 0 fully saturated rings. The van der Waals surface area contributed by atoms with Gasteiger partial charge in [0.25, 0.3) is 5.91 Å². The number of thioether (sulfide) groups is 3. The van der Waals surface area contributed by atoms with Gasteiger partial charge >= 0.3 is 0 Å². The minimum absolute atomic E-state index is 0.0978. The van der Waals surface area contributed by atoms with Gasteiger partial charge in [-0.05, 0) is 41.8 Å². The van der Waals surface area contributed by atoms with Gasteiger partial charge < -0.3 is 5.32 Å². The lowest BCUT2D eigenvalue weighted by atomic mass is 10.0. The average Bonchev–Trinajstić information content (AvgIpc) is 3.21. The maximum absolute atomic E-state index is 13.7. The van der Waals surface area contributed by atoms with Crippen molar-refractivity contribution in [3.05, 3.63) is 65.0 Å². The van der Waals surface area contributed by atoms with E-state index < -0.39 is 0 Å². The molecule has 7 heteroatoms. The molecule has 2 heterocycles. The lowest BCUT2D eigenvalue weighted by Crippen LogP contribution is -2.31. The van der Waals surface area contributed by atoms with Crippen LogP contribution in [0.25, 0.3) is 0 Å². The van der Waals surface area contributed by atoms with E-state index in [0.717, 1.165) is 50.6 Å². The van der Waals surface area contributed by atoms with Gasteiger partial charge in [0.05, 0.1) is 12.6 Å². The van der Waals surface area contributed by atoms with Gasteiger partial charge in [-0.2, -0.15) is 0 Å². The van der Waals surface area contributed by atoms with Crippen LogP contribution in [0.2, 0.25) is 0 Å². The molecule has 0 aliphatic carbocycles. The van der Waals surface area contributed by atoms with Crippen molar-refractivity contribution in [2.75, 3.05) is 18.1 Å². The van der Waals surface area contributed by atoms with Crippen molar-refractivity contribution in [1.82, 2.24) is 5.32 Å². The lowest BCUT2D eigenvalue weighted by Gasteiger charge is -2.26. The zero-order chi connectivity index (χ0) is 18.6. The molecule has 2 aromatic rings. The first-order chi connectivity index (χ1) is 13.2. The van der Waals surface area contributed by atoms with Crippen LogP contribution in [-0.2, 0) is 5.75 Å². The molecule has 2 aromatic carbocycles. The van der Waals surface area contributed by atoms with Crippen molar-refractivity contribution in [3.8, 4) is 0 Å². The zero-order valence-electron chi connectivity index (χ0n) is 14.6. The summed E-state index contributed by atoms with van der Waals surface area (Å²) in [5.74, 6) is 2.32. The number of aliphatic imine (C=N–C) groups is 1. The number of nitrogens with zero attached hydrogens (tertiary/aromatic N) is 1. The minimum atomic E-state index is -0.262. The Morgan fingerprint density at radius 3 is 2.96 bits per heavy atom.